The fraction of sp³-hybridized carbons (Fsp3) is 0.636. The lowest BCUT2D eigenvalue weighted by Crippen LogP contribution is -2.45. The predicted molar refractivity (Wildman–Crippen MR) is 58.1 cm³/mol. The Kier molecular flexibility index (Phi) is 7.82. The van der Waals surface area contributed by atoms with Crippen LogP contribution in [0.3, 0.4) is 0 Å². The van der Waals surface area contributed by atoms with E-state index in [1.54, 1.807) is 5.92 Å². The average Bonchev–Trinajstić information content (AvgIpc) is 2.27. The highest BCUT2D eigenvalue weighted by Gasteiger charge is 2.54. The van der Waals surface area contributed by atoms with E-state index in [-0.39, 0.29) is 0 Å². The van der Waals surface area contributed by atoms with Gasteiger partial charge in [0, 0.05) is 7.11 Å². The van der Waals surface area contributed by atoms with Crippen molar-refractivity contribution < 1.29 is 46.4 Å². The molecule has 0 amide bonds. The molecule has 0 saturated carbocycles. The van der Waals surface area contributed by atoms with E-state index in [1.165, 1.54) is 18.8 Å². The Morgan fingerprint density at radius 3 is 1.24 bits per heavy atom. The molecule has 0 aliphatic carbocycles. The SMILES string of the molecule is CC#CC(O)(O)C(F)(F)F.CC#CC(O)(OC)C(F)(F)F. The van der Waals surface area contributed by atoms with Crippen LogP contribution in [0.15, 0.2) is 0 Å². The standard InChI is InChI=1S/C6H7F3O2.C5H5F3O2/c1-3-4-5(10,11-2)6(7,8)9;1-2-3-4(9,10)5(6,7)8/h10H,1-2H3;9-10H,1H3. The number of halogens is 6. The van der Waals surface area contributed by atoms with Crippen LogP contribution in [0.25, 0.3) is 0 Å². The van der Waals surface area contributed by atoms with Crippen LogP contribution in [0, 0.1) is 23.7 Å². The topological polar surface area (TPSA) is 69.9 Å². The second-order valence-electron chi connectivity index (χ2n) is 3.27. The first-order valence-corrected chi connectivity index (χ1v) is 4.92. The van der Waals surface area contributed by atoms with Crippen molar-refractivity contribution in [1.82, 2.24) is 0 Å². The van der Waals surface area contributed by atoms with Gasteiger partial charge in [-0.25, -0.2) is 0 Å². The summed E-state index contributed by atoms with van der Waals surface area (Å²) in [6, 6.07) is 0. The summed E-state index contributed by atoms with van der Waals surface area (Å²) in [7, 11) is 0.734. The highest BCUT2D eigenvalue weighted by atomic mass is 19.4. The zero-order valence-electron chi connectivity index (χ0n) is 11.0. The molecule has 0 aromatic carbocycles. The highest BCUT2D eigenvalue weighted by Crippen LogP contribution is 2.30. The van der Waals surface area contributed by atoms with E-state index in [4.69, 9.17) is 15.3 Å². The number of hydrogen-bond acceptors (Lipinski definition) is 4. The Morgan fingerprint density at radius 2 is 1.14 bits per heavy atom. The van der Waals surface area contributed by atoms with Gasteiger partial charge in [-0.3, -0.25) is 0 Å². The smallest absolute Gasteiger partial charge is 0.349 e. The van der Waals surface area contributed by atoms with E-state index in [2.05, 4.69) is 4.74 Å². The van der Waals surface area contributed by atoms with Crippen LogP contribution in [0.1, 0.15) is 13.8 Å². The molecule has 0 radical (unpaired) electrons. The molecule has 122 valence electrons. The normalized spacial score (nSPS) is 14.5. The van der Waals surface area contributed by atoms with Gasteiger partial charge in [-0.2, -0.15) is 26.3 Å². The zero-order valence-corrected chi connectivity index (χ0v) is 11.0. The maximum atomic E-state index is 11.8. The number of hydrogen-bond donors (Lipinski definition) is 3. The molecule has 21 heavy (non-hydrogen) atoms. The van der Waals surface area contributed by atoms with Crippen LogP contribution in [0.2, 0.25) is 0 Å². The molecule has 0 bridgehead atoms. The molecule has 0 aromatic rings. The molecule has 0 saturated heterocycles. The van der Waals surface area contributed by atoms with Gasteiger partial charge in [0.2, 0.25) is 0 Å². The number of ether oxygens (including phenoxy) is 1. The Hall–Kier alpha value is -1.46. The summed E-state index contributed by atoms with van der Waals surface area (Å²) in [4.78, 5) is 0. The Balaban J connectivity index is 0. The molecule has 10 heteroatoms. The first-order valence-electron chi connectivity index (χ1n) is 4.92. The summed E-state index contributed by atoms with van der Waals surface area (Å²) < 4.78 is 73.5. The third kappa shape index (κ3) is 6.69. The number of alkyl halides is 6. The van der Waals surface area contributed by atoms with Crippen LogP contribution < -0.4 is 0 Å². The fourth-order valence-electron chi connectivity index (χ4n) is 0.652. The Bertz CT molecular complexity index is 446. The maximum absolute atomic E-state index is 11.8. The van der Waals surface area contributed by atoms with Gasteiger partial charge in [-0.05, 0) is 25.7 Å². The molecule has 0 aromatic heterocycles. The minimum atomic E-state index is -5.12. The van der Waals surface area contributed by atoms with Crippen molar-refractivity contribution in [3.05, 3.63) is 0 Å². The minimum absolute atomic E-state index is 0.734. The minimum Gasteiger partial charge on any atom is -0.349 e. The van der Waals surface area contributed by atoms with Crippen molar-refractivity contribution in [3.63, 3.8) is 0 Å². The lowest BCUT2D eigenvalue weighted by atomic mass is 10.3. The van der Waals surface area contributed by atoms with Crippen molar-refractivity contribution >= 4 is 0 Å². The summed E-state index contributed by atoms with van der Waals surface area (Å²) in [5.74, 6) is -0.835. The van der Waals surface area contributed by atoms with Gasteiger partial charge < -0.3 is 20.1 Å². The Morgan fingerprint density at radius 1 is 0.762 bits per heavy atom. The molecule has 1 atom stereocenters. The molecule has 4 nitrogen and oxygen atoms in total. The van der Waals surface area contributed by atoms with Gasteiger partial charge in [0.15, 0.2) is 0 Å². The lowest BCUT2D eigenvalue weighted by Gasteiger charge is -2.22. The van der Waals surface area contributed by atoms with Gasteiger partial charge >= 0.3 is 23.9 Å². The molecule has 0 heterocycles. The van der Waals surface area contributed by atoms with E-state index in [0.29, 0.717) is 0 Å². The molecule has 0 fully saturated rings. The summed E-state index contributed by atoms with van der Waals surface area (Å²) in [5, 5.41) is 24.9. The van der Waals surface area contributed by atoms with Gasteiger partial charge in [0.05, 0.1) is 0 Å². The largest absolute Gasteiger partial charge is 0.456 e. The number of rotatable bonds is 1. The van der Waals surface area contributed by atoms with E-state index >= 15 is 0 Å². The summed E-state index contributed by atoms with van der Waals surface area (Å²) in [6.45, 7) is 2.25. The van der Waals surface area contributed by atoms with Crippen molar-refractivity contribution in [2.24, 2.45) is 0 Å². The van der Waals surface area contributed by atoms with Gasteiger partial charge in [-0.1, -0.05) is 0 Å². The lowest BCUT2D eigenvalue weighted by molar-refractivity contribution is -0.327. The van der Waals surface area contributed by atoms with Crippen molar-refractivity contribution in [2.45, 2.75) is 37.8 Å². The molecule has 3 N–H and O–H groups in total. The van der Waals surface area contributed by atoms with E-state index in [1.807, 2.05) is 5.92 Å². The summed E-state index contributed by atoms with van der Waals surface area (Å²) in [6.07, 6.45) is -10.00. The number of aliphatic hydroxyl groups is 3. The zero-order chi connectivity index (χ0) is 17.5. The molecule has 0 spiro atoms. The van der Waals surface area contributed by atoms with Crippen LogP contribution >= 0.6 is 0 Å². The summed E-state index contributed by atoms with van der Waals surface area (Å²) >= 11 is 0. The van der Waals surface area contributed by atoms with Crippen LogP contribution in [-0.4, -0.2) is 46.4 Å². The quantitative estimate of drug-likeness (QED) is 0.385. The molecular weight excluding hydrogens is 310 g/mol. The van der Waals surface area contributed by atoms with Crippen molar-refractivity contribution in [3.8, 4) is 23.7 Å². The van der Waals surface area contributed by atoms with Crippen molar-refractivity contribution in [1.29, 1.82) is 0 Å². The van der Waals surface area contributed by atoms with Gasteiger partial charge in [-0.15, -0.1) is 11.8 Å². The van der Waals surface area contributed by atoms with E-state index < -0.39 is 23.9 Å². The first-order chi connectivity index (χ1) is 9.18. The second-order valence-corrected chi connectivity index (χ2v) is 3.27. The van der Waals surface area contributed by atoms with E-state index in [0.717, 1.165) is 14.0 Å². The van der Waals surface area contributed by atoms with Crippen LogP contribution in [-0.2, 0) is 4.74 Å². The molecular formula is C11H12F6O4. The maximum Gasteiger partial charge on any atom is 0.456 e. The second kappa shape index (κ2) is 7.52. The molecule has 0 aliphatic rings. The third-order valence-corrected chi connectivity index (χ3v) is 1.67. The Labute approximate surface area is 116 Å². The van der Waals surface area contributed by atoms with Crippen LogP contribution in [0.4, 0.5) is 26.3 Å². The molecule has 0 aliphatic heterocycles. The predicted octanol–water partition coefficient (Wildman–Crippen LogP) is 1.16. The highest BCUT2D eigenvalue weighted by molar-refractivity contribution is 5.11. The summed E-state index contributed by atoms with van der Waals surface area (Å²) in [5.41, 5.74) is 0. The van der Waals surface area contributed by atoms with Crippen molar-refractivity contribution in [2.75, 3.05) is 7.11 Å². The number of methoxy groups -OCH3 is 1. The van der Waals surface area contributed by atoms with Gasteiger partial charge in [0.25, 0.3) is 0 Å². The fourth-order valence-corrected chi connectivity index (χ4v) is 0.652. The monoisotopic (exact) mass is 322 g/mol. The molecule has 1 unspecified atom stereocenters. The average molecular weight is 322 g/mol. The molecule has 0 rings (SSSR count). The van der Waals surface area contributed by atoms with E-state index in [9.17, 15) is 26.3 Å². The van der Waals surface area contributed by atoms with Gasteiger partial charge in [0.1, 0.15) is 0 Å². The third-order valence-electron chi connectivity index (χ3n) is 1.67. The van der Waals surface area contributed by atoms with Crippen LogP contribution in [0.5, 0.6) is 0 Å². The first kappa shape index (κ1) is 21.8.